The van der Waals surface area contributed by atoms with E-state index in [2.05, 4.69) is 25.9 Å². The Morgan fingerprint density at radius 3 is 3.00 bits per heavy atom. The van der Waals surface area contributed by atoms with Crippen LogP contribution in [-0.4, -0.2) is 21.7 Å². The SMILES string of the molecule is CCOc1ncc(Br)c(CO)n1. The summed E-state index contributed by atoms with van der Waals surface area (Å²) in [6.45, 7) is 2.25. The van der Waals surface area contributed by atoms with Crippen LogP contribution in [0.3, 0.4) is 0 Å². The Morgan fingerprint density at radius 1 is 1.67 bits per heavy atom. The van der Waals surface area contributed by atoms with Crippen LogP contribution < -0.4 is 4.74 Å². The Morgan fingerprint density at radius 2 is 2.42 bits per heavy atom. The van der Waals surface area contributed by atoms with Crippen molar-refractivity contribution in [1.82, 2.24) is 9.97 Å². The van der Waals surface area contributed by atoms with Crippen LogP contribution in [-0.2, 0) is 6.61 Å². The maximum absolute atomic E-state index is 8.84. The number of ether oxygens (including phenoxy) is 1. The van der Waals surface area contributed by atoms with E-state index >= 15 is 0 Å². The lowest BCUT2D eigenvalue weighted by molar-refractivity contribution is 0.267. The van der Waals surface area contributed by atoms with Crippen LogP contribution in [0, 0.1) is 0 Å². The molecular formula is C7H9BrN2O2. The number of aromatic nitrogens is 2. The molecule has 0 fully saturated rings. The molecule has 0 aromatic carbocycles. The summed E-state index contributed by atoms with van der Waals surface area (Å²) in [5.41, 5.74) is 0.536. The first kappa shape index (κ1) is 9.41. The standard InChI is InChI=1S/C7H9BrN2O2/c1-2-12-7-9-3-5(8)6(4-11)10-7/h3,11H,2,4H2,1H3. The van der Waals surface area contributed by atoms with Gasteiger partial charge in [-0.3, -0.25) is 0 Å². The van der Waals surface area contributed by atoms with Crippen LogP contribution in [0.5, 0.6) is 6.01 Å². The molecule has 0 spiro atoms. The topological polar surface area (TPSA) is 55.2 Å². The molecule has 5 heteroatoms. The lowest BCUT2D eigenvalue weighted by atomic mass is 10.4. The normalized spacial score (nSPS) is 9.92. The minimum absolute atomic E-state index is 0.122. The second kappa shape index (κ2) is 4.37. The number of hydrogen-bond acceptors (Lipinski definition) is 4. The van der Waals surface area contributed by atoms with Gasteiger partial charge in [0.05, 0.1) is 23.4 Å². The zero-order chi connectivity index (χ0) is 8.97. The average molecular weight is 233 g/mol. The van der Waals surface area contributed by atoms with E-state index in [1.54, 1.807) is 6.20 Å². The van der Waals surface area contributed by atoms with Crippen molar-refractivity contribution in [3.8, 4) is 6.01 Å². The van der Waals surface area contributed by atoms with Crippen molar-refractivity contribution < 1.29 is 9.84 Å². The highest BCUT2D eigenvalue weighted by molar-refractivity contribution is 9.10. The summed E-state index contributed by atoms with van der Waals surface area (Å²) in [6, 6.07) is 0.296. The molecule has 1 heterocycles. The van der Waals surface area contributed by atoms with Gasteiger partial charge in [0, 0.05) is 6.20 Å². The molecule has 12 heavy (non-hydrogen) atoms. The summed E-state index contributed by atoms with van der Waals surface area (Å²) >= 11 is 3.20. The quantitative estimate of drug-likeness (QED) is 0.850. The van der Waals surface area contributed by atoms with E-state index in [-0.39, 0.29) is 6.61 Å². The van der Waals surface area contributed by atoms with Crippen LogP contribution in [0.25, 0.3) is 0 Å². The monoisotopic (exact) mass is 232 g/mol. The third-order valence-corrected chi connectivity index (χ3v) is 1.88. The second-order valence-electron chi connectivity index (χ2n) is 2.04. The van der Waals surface area contributed by atoms with E-state index in [9.17, 15) is 0 Å². The summed E-state index contributed by atoms with van der Waals surface area (Å²) in [5.74, 6) is 0. The van der Waals surface area contributed by atoms with Gasteiger partial charge in [-0.2, -0.15) is 4.98 Å². The molecule has 1 aromatic heterocycles. The van der Waals surface area contributed by atoms with Gasteiger partial charge in [0.1, 0.15) is 0 Å². The van der Waals surface area contributed by atoms with Crippen molar-refractivity contribution >= 4 is 15.9 Å². The summed E-state index contributed by atoms with van der Waals surface area (Å²) in [6.07, 6.45) is 1.56. The molecule has 66 valence electrons. The number of hydrogen-bond donors (Lipinski definition) is 1. The smallest absolute Gasteiger partial charge is 0.316 e. The van der Waals surface area contributed by atoms with Gasteiger partial charge in [-0.1, -0.05) is 0 Å². The molecule has 0 aliphatic heterocycles. The third kappa shape index (κ3) is 2.15. The van der Waals surface area contributed by atoms with Crippen molar-refractivity contribution in [2.75, 3.05) is 6.61 Å². The fraction of sp³-hybridized carbons (Fsp3) is 0.429. The Hall–Kier alpha value is -0.680. The fourth-order valence-electron chi connectivity index (χ4n) is 0.694. The van der Waals surface area contributed by atoms with E-state index in [0.29, 0.717) is 22.8 Å². The van der Waals surface area contributed by atoms with Crippen molar-refractivity contribution in [2.45, 2.75) is 13.5 Å². The van der Waals surface area contributed by atoms with Gasteiger partial charge >= 0.3 is 6.01 Å². The van der Waals surface area contributed by atoms with E-state index in [1.165, 1.54) is 0 Å². The van der Waals surface area contributed by atoms with Crippen LogP contribution in [0.15, 0.2) is 10.7 Å². The lowest BCUT2D eigenvalue weighted by Crippen LogP contribution is -2.00. The average Bonchev–Trinajstić information content (AvgIpc) is 2.09. The summed E-state index contributed by atoms with van der Waals surface area (Å²) in [5, 5.41) is 8.84. The molecule has 1 N–H and O–H groups in total. The highest BCUT2D eigenvalue weighted by Gasteiger charge is 2.03. The second-order valence-corrected chi connectivity index (χ2v) is 2.89. The predicted molar refractivity (Wildman–Crippen MR) is 46.8 cm³/mol. The number of nitrogens with zero attached hydrogens (tertiary/aromatic N) is 2. The molecule has 0 aliphatic rings. The van der Waals surface area contributed by atoms with Gasteiger partial charge in [-0.05, 0) is 22.9 Å². The third-order valence-electron chi connectivity index (χ3n) is 1.22. The van der Waals surface area contributed by atoms with Gasteiger partial charge < -0.3 is 9.84 Å². The van der Waals surface area contributed by atoms with Gasteiger partial charge in [0.2, 0.25) is 0 Å². The molecule has 1 rings (SSSR count). The predicted octanol–water partition coefficient (Wildman–Crippen LogP) is 1.13. The number of aliphatic hydroxyl groups is 1. The van der Waals surface area contributed by atoms with Gasteiger partial charge in [0.15, 0.2) is 0 Å². The Labute approximate surface area is 78.7 Å². The molecule has 0 aliphatic carbocycles. The van der Waals surface area contributed by atoms with Crippen molar-refractivity contribution in [1.29, 1.82) is 0 Å². The molecule has 0 amide bonds. The van der Waals surface area contributed by atoms with Gasteiger partial charge in [-0.25, -0.2) is 4.98 Å². The lowest BCUT2D eigenvalue weighted by Gasteiger charge is -2.02. The minimum atomic E-state index is -0.122. The summed E-state index contributed by atoms with van der Waals surface area (Å²) < 4.78 is 5.74. The van der Waals surface area contributed by atoms with E-state index in [1.807, 2.05) is 6.92 Å². The molecule has 0 unspecified atom stereocenters. The number of rotatable bonds is 3. The molecule has 0 bridgehead atoms. The zero-order valence-corrected chi connectivity index (χ0v) is 8.21. The first-order chi connectivity index (χ1) is 5.77. The maximum atomic E-state index is 8.84. The van der Waals surface area contributed by atoms with E-state index in [0.717, 1.165) is 0 Å². The Kier molecular flexibility index (Phi) is 3.43. The molecule has 0 saturated carbocycles. The first-order valence-electron chi connectivity index (χ1n) is 3.53. The van der Waals surface area contributed by atoms with Crippen LogP contribution in [0.4, 0.5) is 0 Å². The molecule has 4 nitrogen and oxygen atoms in total. The van der Waals surface area contributed by atoms with E-state index < -0.39 is 0 Å². The molecule has 0 radical (unpaired) electrons. The summed E-state index contributed by atoms with van der Waals surface area (Å²) in [4.78, 5) is 7.84. The maximum Gasteiger partial charge on any atom is 0.316 e. The first-order valence-corrected chi connectivity index (χ1v) is 4.32. The fourth-order valence-corrected chi connectivity index (χ4v) is 1.01. The Balaban J connectivity index is 2.89. The van der Waals surface area contributed by atoms with Gasteiger partial charge in [-0.15, -0.1) is 0 Å². The van der Waals surface area contributed by atoms with Crippen LogP contribution >= 0.6 is 15.9 Å². The van der Waals surface area contributed by atoms with Crippen molar-refractivity contribution in [2.24, 2.45) is 0 Å². The molecule has 0 saturated heterocycles. The molecule has 1 aromatic rings. The number of aliphatic hydroxyl groups excluding tert-OH is 1. The number of halogens is 1. The van der Waals surface area contributed by atoms with Crippen molar-refractivity contribution in [3.63, 3.8) is 0 Å². The minimum Gasteiger partial charge on any atom is -0.464 e. The highest BCUT2D eigenvalue weighted by atomic mass is 79.9. The summed E-state index contributed by atoms with van der Waals surface area (Å²) in [7, 11) is 0. The largest absolute Gasteiger partial charge is 0.464 e. The van der Waals surface area contributed by atoms with Crippen LogP contribution in [0.1, 0.15) is 12.6 Å². The van der Waals surface area contributed by atoms with Crippen molar-refractivity contribution in [3.05, 3.63) is 16.4 Å². The van der Waals surface area contributed by atoms with Crippen LogP contribution in [0.2, 0.25) is 0 Å². The zero-order valence-electron chi connectivity index (χ0n) is 6.62. The van der Waals surface area contributed by atoms with Gasteiger partial charge in [0.25, 0.3) is 0 Å². The molecule has 0 atom stereocenters. The highest BCUT2D eigenvalue weighted by Crippen LogP contribution is 2.15. The van der Waals surface area contributed by atoms with E-state index in [4.69, 9.17) is 9.84 Å². The Bertz CT molecular complexity index is 268. The molecular weight excluding hydrogens is 224 g/mol.